The Labute approximate surface area is 108 Å². The van der Waals surface area contributed by atoms with Crippen molar-refractivity contribution in [3.63, 3.8) is 0 Å². The lowest BCUT2D eigenvalue weighted by Gasteiger charge is -2.26. The number of carboxylic acids is 1. The van der Waals surface area contributed by atoms with E-state index >= 15 is 0 Å². The summed E-state index contributed by atoms with van der Waals surface area (Å²) in [5.74, 6) is -0.888. The number of aliphatic carboxylic acids is 1. The molecule has 1 aliphatic heterocycles. The van der Waals surface area contributed by atoms with Gasteiger partial charge in [0.25, 0.3) is 0 Å². The molecule has 1 aromatic heterocycles. The highest BCUT2D eigenvalue weighted by Gasteiger charge is 2.18. The van der Waals surface area contributed by atoms with Crippen LogP contribution < -0.4 is 0 Å². The molecule has 0 bridgehead atoms. The van der Waals surface area contributed by atoms with E-state index in [1.807, 2.05) is 0 Å². The fraction of sp³-hybridized carbons (Fsp3) is 0.545. The summed E-state index contributed by atoms with van der Waals surface area (Å²) < 4.78 is 5.18. The lowest BCUT2D eigenvalue weighted by Crippen LogP contribution is -2.41. The van der Waals surface area contributed by atoms with Gasteiger partial charge in [-0.1, -0.05) is 0 Å². The van der Waals surface area contributed by atoms with Crippen LogP contribution in [-0.2, 0) is 27.2 Å². The number of morpholine rings is 1. The maximum absolute atomic E-state index is 11.9. The first-order chi connectivity index (χ1) is 8.65. The zero-order chi connectivity index (χ0) is 13.0. The minimum Gasteiger partial charge on any atom is -0.481 e. The smallest absolute Gasteiger partial charge is 0.309 e. The third-order valence-electron chi connectivity index (χ3n) is 2.60. The number of carboxylic acid groups (broad SMARTS) is 1. The molecule has 1 aromatic rings. The zero-order valence-electron chi connectivity index (χ0n) is 9.79. The number of thiazole rings is 1. The van der Waals surface area contributed by atoms with Crippen LogP contribution in [0, 0.1) is 0 Å². The highest BCUT2D eigenvalue weighted by molar-refractivity contribution is 7.09. The third kappa shape index (κ3) is 3.51. The number of ether oxygens (including phenoxy) is 1. The van der Waals surface area contributed by atoms with Crippen LogP contribution in [0.4, 0.5) is 0 Å². The zero-order valence-corrected chi connectivity index (χ0v) is 10.6. The predicted molar refractivity (Wildman–Crippen MR) is 64.6 cm³/mol. The fourth-order valence-electron chi connectivity index (χ4n) is 1.72. The van der Waals surface area contributed by atoms with Crippen LogP contribution in [0.1, 0.15) is 10.7 Å². The topological polar surface area (TPSA) is 79.7 Å². The molecule has 0 atom stereocenters. The second-order valence-corrected chi connectivity index (χ2v) is 4.92. The summed E-state index contributed by atoms with van der Waals surface area (Å²) in [7, 11) is 0. The van der Waals surface area contributed by atoms with Crippen LogP contribution in [-0.4, -0.2) is 53.2 Å². The van der Waals surface area contributed by atoms with Crippen molar-refractivity contribution in [2.24, 2.45) is 0 Å². The predicted octanol–water partition coefficient (Wildman–Crippen LogP) is 0.171. The average Bonchev–Trinajstić information content (AvgIpc) is 2.76. The highest BCUT2D eigenvalue weighted by Crippen LogP contribution is 2.12. The van der Waals surface area contributed by atoms with Crippen molar-refractivity contribution in [1.29, 1.82) is 0 Å². The van der Waals surface area contributed by atoms with Gasteiger partial charge in [-0.25, -0.2) is 4.98 Å². The molecule has 98 valence electrons. The molecule has 0 aliphatic carbocycles. The van der Waals surface area contributed by atoms with E-state index in [4.69, 9.17) is 9.84 Å². The van der Waals surface area contributed by atoms with Crippen molar-refractivity contribution in [1.82, 2.24) is 9.88 Å². The van der Waals surface area contributed by atoms with Crippen LogP contribution >= 0.6 is 11.3 Å². The van der Waals surface area contributed by atoms with Gasteiger partial charge in [-0.3, -0.25) is 9.59 Å². The first-order valence-electron chi connectivity index (χ1n) is 5.66. The normalized spacial score (nSPS) is 15.7. The Morgan fingerprint density at radius 2 is 2.11 bits per heavy atom. The van der Waals surface area contributed by atoms with E-state index in [9.17, 15) is 9.59 Å². The number of hydrogen-bond donors (Lipinski definition) is 1. The van der Waals surface area contributed by atoms with Gasteiger partial charge in [0.05, 0.1) is 31.7 Å². The van der Waals surface area contributed by atoms with Crippen LogP contribution in [0.3, 0.4) is 0 Å². The Morgan fingerprint density at radius 3 is 2.78 bits per heavy atom. The summed E-state index contributed by atoms with van der Waals surface area (Å²) in [5.41, 5.74) is 0.511. The number of hydrogen-bond acceptors (Lipinski definition) is 5. The summed E-state index contributed by atoms with van der Waals surface area (Å²) >= 11 is 1.33. The van der Waals surface area contributed by atoms with E-state index in [1.54, 1.807) is 10.3 Å². The van der Waals surface area contributed by atoms with E-state index in [0.717, 1.165) is 0 Å². The standard InChI is InChI=1S/C11H14N2O4S/c14-10(13-1-3-17-4-2-13)6-9-12-8(7-18-9)5-11(15)16/h7H,1-6H2,(H,15,16). The van der Waals surface area contributed by atoms with Crippen molar-refractivity contribution in [3.8, 4) is 0 Å². The van der Waals surface area contributed by atoms with Crippen molar-refractivity contribution < 1.29 is 19.4 Å². The molecule has 2 heterocycles. The van der Waals surface area contributed by atoms with Gasteiger partial charge < -0.3 is 14.7 Å². The number of aromatic nitrogens is 1. The Hall–Kier alpha value is -1.47. The number of carbonyl (C=O) groups excluding carboxylic acids is 1. The molecule has 0 radical (unpaired) electrons. The Bertz CT molecular complexity index is 440. The van der Waals surface area contributed by atoms with Crippen molar-refractivity contribution in [2.45, 2.75) is 12.8 Å². The van der Waals surface area contributed by atoms with Crippen molar-refractivity contribution in [2.75, 3.05) is 26.3 Å². The molecule has 1 fully saturated rings. The second kappa shape index (κ2) is 5.92. The number of carbonyl (C=O) groups is 2. The molecule has 1 N–H and O–H groups in total. The van der Waals surface area contributed by atoms with Crippen LogP contribution in [0.2, 0.25) is 0 Å². The summed E-state index contributed by atoms with van der Waals surface area (Å²) in [4.78, 5) is 28.3. The lowest BCUT2D eigenvalue weighted by atomic mass is 10.3. The van der Waals surface area contributed by atoms with Gasteiger partial charge in [0.1, 0.15) is 5.01 Å². The average molecular weight is 270 g/mol. The van der Waals surface area contributed by atoms with Crippen LogP contribution in [0.5, 0.6) is 0 Å². The largest absolute Gasteiger partial charge is 0.481 e. The first kappa shape index (κ1) is 13.0. The van der Waals surface area contributed by atoms with Gasteiger partial charge in [0.15, 0.2) is 0 Å². The van der Waals surface area contributed by atoms with E-state index in [0.29, 0.717) is 37.0 Å². The van der Waals surface area contributed by atoms with E-state index in [2.05, 4.69) is 4.98 Å². The fourth-order valence-corrected chi connectivity index (χ4v) is 2.51. The van der Waals surface area contributed by atoms with Gasteiger partial charge in [-0.15, -0.1) is 11.3 Å². The molecule has 6 nitrogen and oxygen atoms in total. The van der Waals surface area contributed by atoms with E-state index in [1.165, 1.54) is 11.3 Å². The van der Waals surface area contributed by atoms with Gasteiger partial charge in [0, 0.05) is 18.5 Å². The molecule has 18 heavy (non-hydrogen) atoms. The van der Waals surface area contributed by atoms with E-state index < -0.39 is 5.97 Å². The summed E-state index contributed by atoms with van der Waals surface area (Å²) in [6.45, 7) is 2.39. The third-order valence-corrected chi connectivity index (χ3v) is 3.50. The van der Waals surface area contributed by atoms with Crippen molar-refractivity contribution in [3.05, 3.63) is 16.1 Å². The number of nitrogens with zero attached hydrogens (tertiary/aromatic N) is 2. The molecule has 0 saturated carbocycles. The molecule has 1 amide bonds. The summed E-state index contributed by atoms with van der Waals surface area (Å²) in [6, 6.07) is 0. The second-order valence-electron chi connectivity index (χ2n) is 3.97. The SMILES string of the molecule is O=C(O)Cc1csc(CC(=O)N2CCOCC2)n1. The van der Waals surface area contributed by atoms with E-state index in [-0.39, 0.29) is 18.7 Å². The molecule has 0 aromatic carbocycles. The molecular formula is C11H14N2O4S. The molecule has 1 saturated heterocycles. The van der Waals surface area contributed by atoms with Gasteiger partial charge in [-0.2, -0.15) is 0 Å². The molecule has 7 heteroatoms. The minimum absolute atomic E-state index is 0.0227. The van der Waals surface area contributed by atoms with Gasteiger partial charge in [-0.05, 0) is 0 Å². The first-order valence-corrected chi connectivity index (χ1v) is 6.53. The van der Waals surface area contributed by atoms with Gasteiger partial charge >= 0.3 is 5.97 Å². The van der Waals surface area contributed by atoms with Crippen molar-refractivity contribution >= 4 is 23.2 Å². The molecule has 1 aliphatic rings. The number of amides is 1. The molecule has 0 spiro atoms. The molecular weight excluding hydrogens is 256 g/mol. The lowest BCUT2D eigenvalue weighted by molar-refractivity contribution is -0.136. The Morgan fingerprint density at radius 1 is 1.39 bits per heavy atom. The number of rotatable bonds is 4. The molecule has 2 rings (SSSR count). The maximum Gasteiger partial charge on any atom is 0.309 e. The Balaban J connectivity index is 1.90. The monoisotopic (exact) mass is 270 g/mol. The summed E-state index contributed by atoms with van der Waals surface area (Å²) in [5, 5.41) is 11.0. The molecule has 0 unspecified atom stereocenters. The van der Waals surface area contributed by atoms with Crippen LogP contribution in [0.25, 0.3) is 0 Å². The highest BCUT2D eigenvalue weighted by atomic mass is 32.1. The maximum atomic E-state index is 11.9. The Kier molecular flexibility index (Phi) is 4.27. The van der Waals surface area contributed by atoms with Crippen LogP contribution in [0.15, 0.2) is 5.38 Å². The summed E-state index contributed by atoms with van der Waals surface area (Å²) in [6.07, 6.45) is 0.145. The quantitative estimate of drug-likeness (QED) is 0.843. The minimum atomic E-state index is -0.911. The van der Waals surface area contributed by atoms with Gasteiger partial charge in [0.2, 0.25) is 5.91 Å².